The molecular weight excluding hydrogens is 640 g/mol. The van der Waals surface area contributed by atoms with Crippen LogP contribution < -0.4 is 14.2 Å². The molecule has 0 saturated heterocycles. The van der Waals surface area contributed by atoms with Crippen molar-refractivity contribution in [2.45, 2.75) is 151 Å². The molecule has 7 heteroatoms. The number of ether oxygens (including phenoxy) is 4. The molecule has 0 aliphatic carbocycles. The molecule has 1 aliphatic rings. The Morgan fingerprint density at radius 2 is 1.39 bits per heavy atom. The van der Waals surface area contributed by atoms with E-state index in [-0.39, 0.29) is 18.4 Å². The maximum absolute atomic E-state index is 12.9. The van der Waals surface area contributed by atoms with Crippen LogP contribution in [0.1, 0.15) is 146 Å². The Labute approximate surface area is 307 Å². The Hall–Kier alpha value is -3.61. The highest BCUT2D eigenvalue weighted by molar-refractivity contribution is 5.87. The van der Waals surface area contributed by atoms with Gasteiger partial charge in [-0.2, -0.15) is 0 Å². The van der Waals surface area contributed by atoms with Gasteiger partial charge in [0, 0.05) is 11.6 Å². The second-order valence-corrected chi connectivity index (χ2v) is 15.5. The van der Waals surface area contributed by atoms with E-state index in [1.54, 1.807) is 37.3 Å². The van der Waals surface area contributed by atoms with E-state index in [2.05, 4.69) is 34.6 Å². The molecule has 3 atom stereocenters. The van der Waals surface area contributed by atoms with E-state index in [4.69, 9.17) is 18.9 Å². The van der Waals surface area contributed by atoms with Gasteiger partial charge in [-0.3, -0.25) is 9.59 Å². The second-order valence-electron chi connectivity index (χ2n) is 15.5. The highest BCUT2D eigenvalue weighted by Gasteiger charge is 2.35. The van der Waals surface area contributed by atoms with E-state index in [0.717, 1.165) is 77.0 Å². The van der Waals surface area contributed by atoms with E-state index in [9.17, 15) is 14.4 Å². The van der Waals surface area contributed by atoms with E-state index in [1.165, 1.54) is 51.0 Å². The first-order valence-electron chi connectivity index (χ1n) is 19.4. The molecule has 0 unspecified atom stereocenters. The molecule has 0 aromatic heterocycles. The minimum Gasteiger partial charge on any atom is -0.487 e. The van der Waals surface area contributed by atoms with Crippen LogP contribution in [0.15, 0.2) is 30.3 Å². The zero-order valence-corrected chi connectivity index (χ0v) is 33.0. The third kappa shape index (κ3) is 13.8. The maximum atomic E-state index is 12.9. The molecular formula is C44H64O7. The van der Waals surface area contributed by atoms with Crippen molar-refractivity contribution >= 4 is 24.0 Å². The Morgan fingerprint density at radius 1 is 0.804 bits per heavy atom. The number of benzene rings is 2. The summed E-state index contributed by atoms with van der Waals surface area (Å²) >= 11 is 0. The van der Waals surface area contributed by atoms with Crippen molar-refractivity contribution in [3.05, 3.63) is 58.2 Å². The monoisotopic (exact) mass is 704 g/mol. The Morgan fingerprint density at radius 3 is 2.00 bits per heavy atom. The average molecular weight is 705 g/mol. The molecule has 0 bridgehead atoms. The third-order valence-corrected chi connectivity index (χ3v) is 10.4. The molecule has 0 saturated carbocycles. The van der Waals surface area contributed by atoms with Crippen LogP contribution in [-0.4, -0.2) is 30.1 Å². The van der Waals surface area contributed by atoms with Crippen molar-refractivity contribution in [2.75, 3.05) is 6.61 Å². The third-order valence-electron chi connectivity index (χ3n) is 10.4. The number of carbonyl (C=O) groups is 3. The lowest BCUT2D eigenvalue weighted by atomic mass is 9.83. The first kappa shape index (κ1) is 41.8. The first-order chi connectivity index (χ1) is 24.2. The Kier molecular flexibility index (Phi) is 16.8. The molecule has 0 fully saturated rings. The predicted molar refractivity (Wildman–Crippen MR) is 205 cm³/mol. The fraction of sp³-hybridized carbons (Fsp3) is 0.614. The van der Waals surface area contributed by atoms with Crippen molar-refractivity contribution in [2.24, 2.45) is 17.8 Å². The number of hydrogen-bond acceptors (Lipinski definition) is 7. The normalized spacial score (nSPS) is 16.7. The standard InChI is InChI=1S/C44H64O7/c1-10-48-39(45)24-21-36-19-22-37(23-20-36)49-40(46)25-26-41(47)50-42-33(6)34(7)43-38(35(42)8)27-29-44(9,51-43)28-13-18-32(5)17-12-16-31(4)15-11-14-30(2)3/h19-24,30-32H,10-18,25-29H2,1-9H3/b24-21+/t31-,32-,44-/m1/s1. The summed E-state index contributed by atoms with van der Waals surface area (Å²) in [5, 5.41) is 0. The smallest absolute Gasteiger partial charge is 0.330 e. The lowest BCUT2D eigenvalue weighted by molar-refractivity contribution is -0.140. The number of carbonyl (C=O) groups excluding carboxylic acids is 3. The average Bonchev–Trinajstić information content (AvgIpc) is 3.08. The SMILES string of the molecule is CCOC(=O)/C=C/c1ccc(OC(=O)CCC(=O)Oc2c(C)c(C)c3c(c2C)CC[C@@](C)(CCC[C@H](C)CCC[C@H](C)CCCC(C)C)O3)cc1. The van der Waals surface area contributed by atoms with Gasteiger partial charge < -0.3 is 18.9 Å². The Bertz CT molecular complexity index is 1470. The summed E-state index contributed by atoms with van der Waals surface area (Å²) in [5.41, 5.74) is 4.47. The molecule has 0 radical (unpaired) electrons. The highest BCUT2D eigenvalue weighted by atomic mass is 16.5. The van der Waals surface area contributed by atoms with Gasteiger partial charge in [-0.05, 0) is 119 Å². The van der Waals surface area contributed by atoms with Crippen molar-refractivity contribution < 1.29 is 33.3 Å². The molecule has 2 aromatic rings. The van der Waals surface area contributed by atoms with Crippen LogP contribution in [-0.2, 0) is 25.5 Å². The molecule has 282 valence electrons. The molecule has 2 aromatic carbocycles. The minimum atomic E-state index is -0.527. The lowest BCUT2D eigenvalue weighted by Gasteiger charge is -2.38. The fourth-order valence-corrected chi connectivity index (χ4v) is 6.97. The second kappa shape index (κ2) is 20.4. The van der Waals surface area contributed by atoms with Crippen LogP contribution in [0.25, 0.3) is 6.08 Å². The lowest BCUT2D eigenvalue weighted by Crippen LogP contribution is -2.37. The fourth-order valence-electron chi connectivity index (χ4n) is 6.97. The number of rotatable bonds is 20. The van der Waals surface area contributed by atoms with Gasteiger partial charge in [-0.25, -0.2) is 4.79 Å². The van der Waals surface area contributed by atoms with Crippen LogP contribution in [0.5, 0.6) is 17.2 Å². The van der Waals surface area contributed by atoms with E-state index in [1.807, 2.05) is 20.8 Å². The molecule has 3 rings (SSSR count). The summed E-state index contributed by atoms with van der Waals surface area (Å²) < 4.78 is 22.9. The van der Waals surface area contributed by atoms with Gasteiger partial charge in [0.25, 0.3) is 0 Å². The largest absolute Gasteiger partial charge is 0.487 e. The van der Waals surface area contributed by atoms with Gasteiger partial charge in [-0.15, -0.1) is 0 Å². The summed E-state index contributed by atoms with van der Waals surface area (Å²) in [5.74, 6) is 2.80. The molecule has 0 spiro atoms. The first-order valence-corrected chi connectivity index (χ1v) is 19.4. The molecule has 1 aliphatic heterocycles. The van der Waals surface area contributed by atoms with Crippen LogP contribution in [0, 0.1) is 38.5 Å². The summed E-state index contributed by atoms with van der Waals surface area (Å²) in [7, 11) is 0. The van der Waals surface area contributed by atoms with Gasteiger partial charge >= 0.3 is 17.9 Å². The summed E-state index contributed by atoms with van der Waals surface area (Å²) in [4.78, 5) is 36.9. The van der Waals surface area contributed by atoms with E-state index < -0.39 is 17.9 Å². The van der Waals surface area contributed by atoms with E-state index >= 15 is 0 Å². The van der Waals surface area contributed by atoms with Crippen LogP contribution in [0.4, 0.5) is 0 Å². The van der Waals surface area contributed by atoms with Crippen molar-refractivity contribution in [1.82, 2.24) is 0 Å². The van der Waals surface area contributed by atoms with Gasteiger partial charge in [0.15, 0.2) is 0 Å². The molecule has 0 amide bonds. The van der Waals surface area contributed by atoms with Crippen LogP contribution in [0.2, 0.25) is 0 Å². The summed E-state index contributed by atoms with van der Waals surface area (Å²) in [6, 6.07) is 6.72. The quantitative estimate of drug-likeness (QED) is 0.0770. The number of fused-ring (bicyclic) bond motifs is 1. The zero-order chi connectivity index (χ0) is 37.6. The summed E-state index contributed by atoms with van der Waals surface area (Å²) in [6.45, 7) is 19.8. The van der Waals surface area contributed by atoms with Crippen LogP contribution in [0.3, 0.4) is 0 Å². The maximum Gasteiger partial charge on any atom is 0.330 e. The van der Waals surface area contributed by atoms with Gasteiger partial charge in [0.2, 0.25) is 0 Å². The Balaban J connectivity index is 1.46. The molecule has 51 heavy (non-hydrogen) atoms. The van der Waals surface area contributed by atoms with Gasteiger partial charge in [-0.1, -0.05) is 84.8 Å². The predicted octanol–water partition coefficient (Wildman–Crippen LogP) is 11.0. The summed E-state index contributed by atoms with van der Waals surface area (Å²) in [6.07, 6.45) is 16.0. The highest BCUT2D eigenvalue weighted by Crippen LogP contribution is 2.45. The van der Waals surface area contributed by atoms with Crippen molar-refractivity contribution in [1.29, 1.82) is 0 Å². The van der Waals surface area contributed by atoms with Gasteiger partial charge in [0.05, 0.1) is 19.4 Å². The minimum absolute atomic E-state index is 0.0987. The molecule has 7 nitrogen and oxygen atoms in total. The molecule has 0 N–H and O–H groups in total. The van der Waals surface area contributed by atoms with E-state index in [0.29, 0.717) is 18.1 Å². The van der Waals surface area contributed by atoms with Gasteiger partial charge in [0.1, 0.15) is 22.8 Å². The topological polar surface area (TPSA) is 88.1 Å². The van der Waals surface area contributed by atoms with Crippen molar-refractivity contribution in [3.8, 4) is 17.2 Å². The van der Waals surface area contributed by atoms with Crippen LogP contribution >= 0.6 is 0 Å². The zero-order valence-electron chi connectivity index (χ0n) is 33.0. The number of hydrogen-bond donors (Lipinski definition) is 0. The molecule has 1 heterocycles. The van der Waals surface area contributed by atoms with Crippen molar-refractivity contribution in [3.63, 3.8) is 0 Å². The number of esters is 3.